The second kappa shape index (κ2) is 10.9. The zero-order valence-corrected chi connectivity index (χ0v) is 18.2. The molecule has 1 aromatic rings. The van der Waals surface area contributed by atoms with E-state index in [2.05, 4.69) is 4.18 Å². The smallest absolute Gasteiger partial charge is 0.229 e. The molecule has 10 unspecified atom stereocenters. The van der Waals surface area contributed by atoms with Crippen molar-refractivity contribution in [3.63, 3.8) is 0 Å². The number of ether oxygens (including phenoxy) is 4. The number of aliphatic hydroxyl groups is 6. The average molecular weight is 512 g/mol. The number of hydrogen-bond acceptors (Lipinski definition) is 15. The number of anilines is 1. The molecule has 0 spiro atoms. The van der Waals surface area contributed by atoms with Crippen LogP contribution in [0.3, 0.4) is 0 Å². The van der Waals surface area contributed by atoms with Crippen molar-refractivity contribution >= 4 is 16.1 Å². The molecule has 15 nitrogen and oxygen atoms in total. The monoisotopic (exact) mass is 512 g/mol. The first-order valence-corrected chi connectivity index (χ1v) is 11.3. The van der Waals surface area contributed by atoms with Crippen LogP contribution in [0.15, 0.2) is 24.3 Å². The fraction of sp³-hybridized carbons (Fsp3) is 0.667. The molecule has 0 saturated carbocycles. The van der Waals surface area contributed by atoms with Gasteiger partial charge in [-0.2, -0.15) is 0 Å². The fourth-order valence-electron chi connectivity index (χ4n) is 3.57. The molecule has 0 aromatic heterocycles. The van der Waals surface area contributed by atoms with E-state index in [1.807, 2.05) is 0 Å². The molecule has 0 radical (unpaired) electrons. The first-order valence-electron chi connectivity index (χ1n) is 10.0. The fourth-order valence-corrected chi connectivity index (χ4v) is 4.07. The number of hydrogen-bond donors (Lipinski definition) is 7. The molecular formula is C18H26NO14S-. The Kier molecular flexibility index (Phi) is 8.66. The molecule has 2 aliphatic rings. The van der Waals surface area contributed by atoms with Crippen molar-refractivity contribution < 1.29 is 66.7 Å². The number of nitrogens with two attached hydrogens (primary N) is 1. The summed E-state index contributed by atoms with van der Waals surface area (Å²) in [5.74, 6) is 0.228. The molecule has 0 amide bonds. The van der Waals surface area contributed by atoms with Gasteiger partial charge in [0.05, 0.1) is 13.2 Å². The molecule has 2 saturated heterocycles. The highest BCUT2D eigenvalue weighted by molar-refractivity contribution is 7.80. The molecule has 0 aliphatic carbocycles. The molecule has 2 heterocycles. The third-order valence-corrected chi connectivity index (χ3v) is 5.75. The van der Waals surface area contributed by atoms with Gasteiger partial charge >= 0.3 is 0 Å². The maximum atomic E-state index is 11.0. The van der Waals surface area contributed by atoms with Gasteiger partial charge in [-0.3, -0.25) is 4.18 Å². The van der Waals surface area contributed by atoms with Crippen LogP contribution in [0.1, 0.15) is 0 Å². The van der Waals surface area contributed by atoms with Crippen LogP contribution in [0.25, 0.3) is 0 Å². The van der Waals surface area contributed by atoms with E-state index in [4.69, 9.17) is 24.7 Å². The minimum atomic E-state index is -5.39. The Labute approximate surface area is 193 Å². The quantitative estimate of drug-likeness (QED) is 0.0989. The van der Waals surface area contributed by atoms with Gasteiger partial charge < -0.3 is 59.9 Å². The Hall–Kier alpha value is -1.67. The van der Waals surface area contributed by atoms with Crippen molar-refractivity contribution in [3.05, 3.63) is 24.3 Å². The number of rotatable bonds is 8. The molecule has 16 heteroatoms. The molecule has 34 heavy (non-hydrogen) atoms. The van der Waals surface area contributed by atoms with Crippen LogP contribution in [0.4, 0.5) is 5.69 Å². The van der Waals surface area contributed by atoms with Crippen molar-refractivity contribution in [1.29, 1.82) is 0 Å². The largest absolute Gasteiger partial charge is 0.726 e. The van der Waals surface area contributed by atoms with Gasteiger partial charge in [0, 0.05) is 5.69 Å². The first-order chi connectivity index (χ1) is 15.9. The van der Waals surface area contributed by atoms with Crippen LogP contribution in [-0.4, -0.2) is 118 Å². The van der Waals surface area contributed by atoms with Crippen LogP contribution in [0.2, 0.25) is 0 Å². The molecule has 2 aliphatic heterocycles. The molecule has 1 aromatic carbocycles. The lowest BCUT2D eigenvalue weighted by Crippen LogP contribution is -2.65. The van der Waals surface area contributed by atoms with E-state index >= 15 is 0 Å². The zero-order valence-electron chi connectivity index (χ0n) is 17.4. The SMILES string of the molecule is Nc1ccc(OC2OC(CO)C(OC3OC(CO)C(O)C(OS(=O)(=O)[O-])C3O)C(O)C2O)cc1. The Morgan fingerprint density at radius 2 is 1.44 bits per heavy atom. The van der Waals surface area contributed by atoms with Gasteiger partial charge in [0.2, 0.25) is 16.7 Å². The lowest BCUT2D eigenvalue weighted by Gasteiger charge is -2.46. The summed E-state index contributed by atoms with van der Waals surface area (Å²) in [4.78, 5) is 0. The van der Waals surface area contributed by atoms with Crippen LogP contribution in [-0.2, 0) is 28.8 Å². The van der Waals surface area contributed by atoms with Crippen LogP contribution in [0, 0.1) is 0 Å². The predicted octanol–water partition coefficient (Wildman–Crippen LogP) is -4.24. The van der Waals surface area contributed by atoms with Crippen LogP contribution in [0.5, 0.6) is 5.75 Å². The topological polar surface area (TPSA) is 251 Å². The maximum Gasteiger partial charge on any atom is 0.229 e. The molecule has 3 rings (SSSR count). The molecule has 0 bridgehead atoms. The van der Waals surface area contributed by atoms with E-state index in [-0.39, 0.29) is 5.75 Å². The van der Waals surface area contributed by atoms with E-state index in [1.54, 1.807) is 0 Å². The summed E-state index contributed by atoms with van der Waals surface area (Å²) in [6.07, 6.45) is -17.5. The number of benzene rings is 1. The minimum absolute atomic E-state index is 0.228. The molecule has 8 N–H and O–H groups in total. The molecule has 194 valence electrons. The van der Waals surface area contributed by atoms with Crippen molar-refractivity contribution in [2.45, 2.75) is 61.4 Å². The third kappa shape index (κ3) is 6.11. The van der Waals surface area contributed by atoms with E-state index in [0.717, 1.165) is 0 Å². The van der Waals surface area contributed by atoms with Gasteiger partial charge in [-0.25, -0.2) is 8.42 Å². The van der Waals surface area contributed by atoms with Crippen molar-refractivity contribution in [3.8, 4) is 5.75 Å². The number of nitrogen functional groups attached to an aromatic ring is 1. The summed E-state index contributed by atoms with van der Waals surface area (Å²) in [6.45, 7) is -1.65. The standard InChI is InChI=1S/C18H27NO14S/c19-7-1-3-8(4-2-7)29-17-13(24)12(23)15(10(6-21)31-17)32-18-14(25)16(33-34(26,27)28)11(22)9(5-20)30-18/h1-4,9-18,20-25H,5-6,19H2,(H,26,27,28)/p-1. The van der Waals surface area contributed by atoms with Crippen LogP contribution < -0.4 is 10.5 Å². The number of aliphatic hydroxyl groups excluding tert-OH is 6. The Morgan fingerprint density at radius 3 is 2.00 bits per heavy atom. The lowest BCUT2D eigenvalue weighted by atomic mass is 9.97. The van der Waals surface area contributed by atoms with E-state index in [1.165, 1.54) is 24.3 Å². The van der Waals surface area contributed by atoms with E-state index in [0.29, 0.717) is 5.69 Å². The summed E-state index contributed by atoms with van der Waals surface area (Å²) in [6, 6.07) is 5.99. The van der Waals surface area contributed by atoms with E-state index < -0.39 is 85.0 Å². The van der Waals surface area contributed by atoms with Gasteiger partial charge in [0.25, 0.3) is 0 Å². The Balaban J connectivity index is 1.76. The van der Waals surface area contributed by atoms with Gasteiger partial charge in [-0.15, -0.1) is 0 Å². The summed E-state index contributed by atoms with van der Waals surface area (Å²) >= 11 is 0. The van der Waals surface area contributed by atoms with Crippen molar-refractivity contribution in [2.24, 2.45) is 0 Å². The lowest BCUT2D eigenvalue weighted by molar-refractivity contribution is -0.350. The highest BCUT2D eigenvalue weighted by Crippen LogP contribution is 2.31. The highest BCUT2D eigenvalue weighted by Gasteiger charge is 2.52. The van der Waals surface area contributed by atoms with Gasteiger partial charge in [0.15, 0.2) is 6.29 Å². The Morgan fingerprint density at radius 1 is 0.853 bits per heavy atom. The van der Waals surface area contributed by atoms with E-state index in [9.17, 15) is 43.6 Å². The third-order valence-electron chi connectivity index (χ3n) is 5.30. The average Bonchev–Trinajstić information content (AvgIpc) is 2.78. The minimum Gasteiger partial charge on any atom is -0.726 e. The highest BCUT2D eigenvalue weighted by atomic mass is 32.3. The summed E-state index contributed by atoms with van der Waals surface area (Å²) in [5.41, 5.74) is 6.04. The van der Waals surface area contributed by atoms with Gasteiger partial charge in [-0.05, 0) is 24.3 Å². The molecule has 2 fully saturated rings. The van der Waals surface area contributed by atoms with Gasteiger partial charge in [-0.1, -0.05) is 0 Å². The zero-order chi connectivity index (χ0) is 25.2. The molecule has 10 atom stereocenters. The van der Waals surface area contributed by atoms with Gasteiger partial charge in [0.1, 0.15) is 54.6 Å². The summed E-state index contributed by atoms with van der Waals surface area (Å²) < 4.78 is 58.7. The van der Waals surface area contributed by atoms with Crippen molar-refractivity contribution in [1.82, 2.24) is 0 Å². The Bertz CT molecular complexity index is 898. The predicted molar refractivity (Wildman–Crippen MR) is 106 cm³/mol. The second-order valence-electron chi connectivity index (χ2n) is 7.67. The second-order valence-corrected chi connectivity index (χ2v) is 8.68. The summed E-state index contributed by atoms with van der Waals surface area (Å²) in [5, 5.41) is 60.6. The van der Waals surface area contributed by atoms with Crippen molar-refractivity contribution in [2.75, 3.05) is 18.9 Å². The normalized spacial score (nSPS) is 39.0. The first kappa shape index (κ1) is 26.9. The maximum absolute atomic E-state index is 11.0. The van der Waals surface area contributed by atoms with Crippen LogP contribution >= 0.6 is 0 Å². The summed E-state index contributed by atoms with van der Waals surface area (Å²) in [7, 11) is -5.39. The molecular weight excluding hydrogens is 486 g/mol.